The molecular formula is C38H23N3. The highest BCUT2D eigenvalue weighted by molar-refractivity contribution is 6.21. The van der Waals surface area contributed by atoms with E-state index >= 15 is 0 Å². The van der Waals surface area contributed by atoms with E-state index in [9.17, 15) is 0 Å². The molecule has 3 nitrogen and oxygen atoms in total. The Balaban J connectivity index is 1.49. The van der Waals surface area contributed by atoms with Gasteiger partial charge in [0.05, 0.1) is 16.6 Å². The summed E-state index contributed by atoms with van der Waals surface area (Å²) in [6.45, 7) is 0. The summed E-state index contributed by atoms with van der Waals surface area (Å²) in [5.41, 5.74) is 12.3. The zero-order valence-corrected chi connectivity index (χ0v) is 22.1. The fourth-order valence-electron chi connectivity index (χ4n) is 6.55. The van der Waals surface area contributed by atoms with Gasteiger partial charge in [-0.15, -0.1) is 0 Å². The molecule has 0 unspecified atom stereocenters. The Hall–Kier alpha value is -5.54. The minimum atomic E-state index is 0.832. The Labute approximate surface area is 237 Å². The summed E-state index contributed by atoms with van der Waals surface area (Å²) in [5.74, 6) is 0.832. The van der Waals surface area contributed by atoms with Crippen molar-refractivity contribution in [3.63, 3.8) is 0 Å². The SMILES string of the molecule is c1ccc(-c2nc3ccccc3nc2-n2cc3c4c(c5ccccc5cc42)-c2ccccc2-c2ccccc2-3)cc1. The van der Waals surface area contributed by atoms with E-state index in [0.29, 0.717) is 0 Å². The molecule has 0 atom stereocenters. The molecule has 190 valence electrons. The van der Waals surface area contributed by atoms with Gasteiger partial charge in [0.25, 0.3) is 0 Å². The molecule has 0 spiro atoms. The maximum Gasteiger partial charge on any atom is 0.164 e. The fraction of sp³-hybridized carbons (Fsp3) is 0. The zero-order valence-electron chi connectivity index (χ0n) is 22.1. The van der Waals surface area contributed by atoms with Crippen molar-refractivity contribution in [2.75, 3.05) is 0 Å². The molecular weight excluding hydrogens is 498 g/mol. The lowest BCUT2D eigenvalue weighted by atomic mass is 9.91. The normalized spacial score (nSPS) is 11.9. The van der Waals surface area contributed by atoms with E-state index in [0.717, 1.165) is 33.6 Å². The first-order chi connectivity index (χ1) is 20.3. The summed E-state index contributed by atoms with van der Waals surface area (Å²) in [6.07, 6.45) is 2.28. The number of para-hydroxylation sites is 2. The molecule has 9 rings (SSSR count). The molecule has 2 heterocycles. The van der Waals surface area contributed by atoms with Gasteiger partial charge in [-0.1, -0.05) is 115 Å². The van der Waals surface area contributed by atoms with Gasteiger partial charge >= 0.3 is 0 Å². The Kier molecular flexibility index (Phi) is 4.61. The van der Waals surface area contributed by atoms with Crippen molar-refractivity contribution in [2.24, 2.45) is 0 Å². The van der Waals surface area contributed by atoms with E-state index in [1.807, 2.05) is 30.3 Å². The van der Waals surface area contributed by atoms with Crippen molar-refractivity contribution >= 4 is 32.7 Å². The molecule has 0 aliphatic heterocycles. The van der Waals surface area contributed by atoms with Crippen LogP contribution < -0.4 is 0 Å². The highest BCUT2D eigenvalue weighted by Gasteiger charge is 2.27. The van der Waals surface area contributed by atoms with E-state index in [4.69, 9.17) is 9.97 Å². The molecule has 0 amide bonds. The van der Waals surface area contributed by atoms with E-state index in [1.165, 1.54) is 49.5 Å². The number of rotatable bonds is 2. The van der Waals surface area contributed by atoms with E-state index in [1.54, 1.807) is 0 Å². The minimum Gasteiger partial charge on any atom is -0.299 e. The van der Waals surface area contributed by atoms with Gasteiger partial charge in [-0.2, -0.15) is 0 Å². The summed E-state index contributed by atoms with van der Waals surface area (Å²) < 4.78 is 2.27. The van der Waals surface area contributed by atoms with Gasteiger partial charge in [-0.25, -0.2) is 9.97 Å². The van der Waals surface area contributed by atoms with Crippen LogP contribution >= 0.6 is 0 Å². The van der Waals surface area contributed by atoms with Gasteiger partial charge in [0.1, 0.15) is 5.69 Å². The zero-order chi connectivity index (χ0) is 26.9. The molecule has 6 aromatic carbocycles. The number of benzene rings is 6. The summed E-state index contributed by atoms with van der Waals surface area (Å²) >= 11 is 0. The number of fused-ring (bicyclic) bond motifs is 8. The lowest BCUT2D eigenvalue weighted by Crippen LogP contribution is -2.03. The Bertz CT molecular complexity index is 2310. The molecule has 0 N–H and O–H groups in total. The van der Waals surface area contributed by atoms with Crippen molar-refractivity contribution < 1.29 is 0 Å². The molecule has 41 heavy (non-hydrogen) atoms. The molecule has 1 aliphatic carbocycles. The molecule has 1 aliphatic rings. The average Bonchev–Trinajstić information content (AvgIpc) is 3.36. The Morgan fingerprint density at radius 2 is 1.07 bits per heavy atom. The molecule has 0 saturated heterocycles. The van der Waals surface area contributed by atoms with Gasteiger partial charge < -0.3 is 0 Å². The molecule has 3 heteroatoms. The van der Waals surface area contributed by atoms with E-state index < -0.39 is 0 Å². The van der Waals surface area contributed by atoms with E-state index in [-0.39, 0.29) is 0 Å². The van der Waals surface area contributed by atoms with Crippen molar-refractivity contribution in [3.05, 3.63) is 140 Å². The molecule has 0 radical (unpaired) electrons. The molecule has 0 saturated carbocycles. The van der Waals surface area contributed by atoms with E-state index in [2.05, 4.69) is 114 Å². The first-order valence-corrected chi connectivity index (χ1v) is 13.9. The summed E-state index contributed by atoms with van der Waals surface area (Å²) in [5, 5.41) is 3.71. The quantitative estimate of drug-likeness (QED) is 0.227. The van der Waals surface area contributed by atoms with Crippen LogP contribution in [0.2, 0.25) is 0 Å². The molecule has 2 aromatic heterocycles. The topological polar surface area (TPSA) is 30.7 Å². The van der Waals surface area contributed by atoms with Crippen LogP contribution in [0.1, 0.15) is 0 Å². The van der Waals surface area contributed by atoms with Crippen LogP contribution in [-0.4, -0.2) is 14.5 Å². The van der Waals surface area contributed by atoms with Crippen LogP contribution in [0, 0.1) is 0 Å². The van der Waals surface area contributed by atoms with Crippen molar-refractivity contribution in [1.29, 1.82) is 0 Å². The first kappa shape index (κ1) is 22.3. The summed E-state index contributed by atoms with van der Waals surface area (Å²) in [6, 6.07) is 47.2. The number of hydrogen-bond acceptors (Lipinski definition) is 2. The van der Waals surface area contributed by atoms with Crippen molar-refractivity contribution in [1.82, 2.24) is 14.5 Å². The van der Waals surface area contributed by atoms with Gasteiger partial charge in [0.2, 0.25) is 0 Å². The van der Waals surface area contributed by atoms with Gasteiger partial charge in [-0.05, 0) is 51.2 Å². The Morgan fingerprint density at radius 1 is 0.488 bits per heavy atom. The Morgan fingerprint density at radius 3 is 1.85 bits per heavy atom. The maximum atomic E-state index is 5.27. The second kappa shape index (κ2) is 8.48. The van der Waals surface area contributed by atoms with Gasteiger partial charge in [-0.3, -0.25) is 4.57 Å². The van der Waals surface area contributed by atoms with Crippen LogP contribution in [0.4, 0.5) is 0 Å². The third-order valence-electron chi connectivity index (χ3n) is 8.35. The van der Waals surface area contributed by atoms with Crippen molar-refractivity contribution in [3.8, 4) is 50.5 Å². The predicted molar refractivity (Wildman–Crippen MR) is 169 cm³/mol. The van der Waals surface area contributed by atoms with Gasteiger partial charge in [0, 0.05) is 28.3 Å². The van der Waals surface area contributed by atoms with Crippen LogP contribution in [-0.2, 0) is 0 Å². The average molecular weight is 522 g/mol. The highest BCUT2D eigenvalue weighted by Crippen LogP contribution is 2.51. The third-order valence-corrected chi connectivity index (χ3v) is 8.35. The third kappa shape index (κ3) is 3.20. The van der Waals surface area contributed by atoms with Crippen LogP contribution in [0.25, 0.3) is 83.2 Å². The smallest absolute Gasteiger partial charge is 0.164 e. The molecule has 0 fully saturated rings. The summed E-state index contributed by atoms with van der Waals surface area (Å²) in [7, 11) is 0. The maximum absolute atomic E-state index is 5.27. The lowest BCUT2D eigenvalue weighted by molar-refractivity contribution is 1.05. The second-order valence-corrected chi connectivity index (χ2v) is 10.6. The van der Waals surface area contributed by atoms with Crippen molar-refractivity contribution in [2.45, 2.75) is 0 Å². The fourth-order valence-corrected chi connectivity index (χ4v) is 6.55. The summed E-state index contributed by atoms with van der Waals surface area (Å²) in [4.78, 5) is 10.5. The van der Waals surface area contributed by atoms with Gasteiger partial charge in [0.15, 0.2) is 5.82 Å². The molecule has 0 bridgehead atoms. The van der Waals surface area contributed by atoms with Crippen LogP contribution in [0.15, 0.2) is 140 Å². The number of hydrogen-bond donors (Lipinski definition) is 0. The first-order valence-electron chi connectivity index (χ1n) is 13.9. The largest absolute Gasteiger partial charge is 0.299 e. The highest BCUT2D eigenvalue weighted by atomic mass is 15.1. The predicted octanol–water partition coefficient (Wildman–Crippen LogP) is 9.71. The monoisotopic (exact) mass is 521 g/mol. The standard InChI is InChI=1S/C38H23N3/c1-2-12-24(13-3-1)37-38(40-33-21-11-10-20-32(33)39-37)41-23-31-29-18-7-6-16-27(29)28-17-8-9-19-30(28)35-26-15-5-4-14-25(26)22-34(41)36(31)35/h1-23H. The number of nitrogens with zero attached hydrogens (tertiary/aromatic N) is 3. The number of aromatic nitrogens is 3. The minimum absolute atomic E-state index is 0.832. The van der Waals surface area contributed by atoms with Crippen LogP contribution in [0.3, 0.4) is 0 Å². The lowest BCUT2D eigenvalue weighted by Gasteiger charge is -2.16. The molecule has 8 aromatic rings. The second-order valence-electron chi connectivity index (χ2n) is 10.6. The van der Waals surface area contributed by atoms with Crippen LogP contribution in [0.5, 0.6) is 0 Å².